The van der Waals surface area contributed by atoms with Gasteiger partial charge in [0, 0.05) is 57.9 Å². The zero-order valence-corrected chi connectivity index (χ0v) is 17.2. The van der Waals surface area contributed by atoms with Gasteiger partial charge in [-0.3, -0.25) is 14.6 Å². The Morgan fingerprint density at radius 2 is 2.00 bits per heavy atom. The maximum absolute atomic E-state index is 12.7. The van der Waals surface area contributed by atoms with Crippen LogP contribution < -0.4 is 10.2 Å². The molecule has 2 fully saturated rings. The highest BCUT2D eigenvalue weighted by Gasteiger charge is 2.51. The second-order valence-corrected chi connectivity index (χ2v) is 8.31. The summed E-state index contributed by atoms with van der Waals surface area (Å²) in [5, 5.41) is 3.02. The highest BCUT2D eigenvalue weighted by atomic mass is 16.5. The molecule has 0 radical (unpaired) electrons. The van der Waals surface area contributed by atoms with Gasteiger partial charge in [0.05, 0.1) is 19.8 Å². The van der Waals surface area contributed by atoms with E-state index in [4.69, 9.17) is 9.47 Å². The third kappa shape index (κ3) is 3.97. The van der Waals surface area contributed by atoms with Crippen LogP contribution in [0.25, 0.3) is 0 Å². The van der Waals surface area contributed by atoms with Gasteiger partial charge in [-0.25, -0.2) is 4.79 Å². The topological polar surface area (TPSA) is 74.4 Å². The molecule has 1 aromatic carbocycles. The minimum atomic E-state index is -0.484. The number of urea groups is 1. The van der Waals surface area contributed by atoms with Crippen molar-refractivity contribution in [1.29, 1.82) is 0 Å². The van der Waals surface area contributed by atoms with Crippen molar-refractivity contribution in [3.63, 3.8) is 0 Å². The molecular weight excluding hydrogens is 372 g/mol. The first-order chi connectivity index (χ1) is 14.0. The first kappa shape index (κ1) is 20.1. The van der Waals surface area contributed by atoms with Gasteiger partial charge < -0.3 is 19.7 Å². The number of nitrogens with zero attached hydrogens (tertiary/aromatic N) is 3. The number of hydrogen-bond donors (Lipinski definition) is 1. The Kier molecular flexibility index (Phi) is 5.76. The smallest absolute Gasteiger partial charge is 0.323 e. The molecule has 3 aliphatic rings. The molecule has 2 atom stereocenters. The molecule has 8 heteroatoms. The summed E-state index contributed by atoms with van der Waals surface area (Å²) in [6, 6.07) is 7.91. The lowest BCUT2D eigenvalue weighted by Gasteiger charge is -2.26. The predicted molar refractivity (Wildman–Crippen MR) is 109 cm³/mol. The molecule has 0 bridgehead atoms. The van der Waals surface area contributed by atoms with E-state index in [-0.39, 0.29) is 17.4 Å². The highest BCUT2D eigenvalue weighted by Crippen LogP contribution is 2.47. The summed E-state index contributed by atoms with van der Waals surface area (Å²) >= 11 is 0. The first-order valence-corrected chi connectivity index (χ1v) is 10.3. The Hall–Kier alpha value is -2.16. The van der Waals surface area contributed by atoms with Crippen LogP contribution >= 0.6 is 0 Å². The minimum Gasteiger partial charge on any atom is -0.379 e. The van der Waals surface area contributed by atoms with E-state index in [0.717, 1.165) is 44.1 Å². The van der Waals surface area contributed by atoms with Crippen LogP contribution in [0.1, 0.15) is 12.0 Å². The maximum atomic E-state index is 12.7. The molecule has 158 valence electrons. The van der Waals surface area contributed by atoms with Crippen LogP contribution in [-0.4, -0.2) is 94.5 Å². The lowest BCUT2D eigenvalue weighted by Crippen LogP contribution is -2.44. The predicted octanol–water partition coefficient (Wildman–Crippen LogP) is 0.663. The van der Waals surface area contributed by atoms with E-state index in [9.17, 15) is 9.59 Å². The average molecular weight is 402 g/mol. The van der Waals surface area contributed by atoms with Crippen LogP contribution in [0, 0.1) is 0 Å². The number of carbonyl (C=O) groups is 2. The molecule has 8 nitrogen and oxygen atoms in total. The molecule has 0 aliphatic carbocycles. The van der Waals surface area contributed by atoms with Crippen LogP contribution in [0.3, 0.4) is 0 Å². The number of rotatable bonds is 4. The van der Waals surface area contributed by atoms with E-state index >= 15 is 0 Å². The van der Waals surface area contributed by atoms with Crippen molar-refractivity contribution in [3.05, 3.63) is 29.8 Å². The SMILES string of the molecule is CN(C)C(=O)N1C[C@]2(CO[C@H](C(=O)NCCN3CCOCC3)C2)c2ccccc21. The Balaban J connectivity index is 1.39. The van der Waals surface area contributed by atoms with E-state index in [1.807, 2.05) is 18.2 Å². The van der Waals surface area contributed by atoms with Crippen molar-refractivity contribution >= 4 is 17.6 Å². The molecule has 1 N–H and O–H groups in total. The molecule has 3 aliphatic heterocycles. The minimum absolute atomic E-state index is 0.0484. The fourth-order valence-electron chi connectivity index (χ4n) is 4.52. The Morgan fingerprint density at radius 1 is 1.24 bits per heavy atom. The van der Waals surface area contributed by atoms with Gasteiger partial charge in [-0.15, -0.1) is 0 Å². The summed E-state index contributed by atoms with van der Waals surface area (Å²) in [4.78, 5) is 31.0. The fourth-order valence-corrected chi connectivity index (χ4v) is 4.52. The van der Waals surface area contributed by atoms with Crippen molar-refractivity contribution in [1.82, 2.24) is 15.1 Å². The van der Waals surface area contributed by atoms with Crippen molar-refractivity contribution in [3.8, 4) is 0 Å². The van der Waals surface area contributed by atoms with Crippen LogP contribution in [0.15, 0.2) is 24.3 Å². The standard InChI is InChI=1S/C21H30N4O4/c1-23(2)20(27)25-14-21(16-5-3-4-6-17(16)25)13-18(29-15-21)19(26)22-7-8-24-9-11-28-12-10-24/h3-6,18H,7-15H2,1-2H3,(H,22,26)/t18-,21+/m0/s1. The van der Waals surface area contributed by atoms with Crippen LogP contribution in [0.5, 0.6) is 0 Å². The molecular formula is C21H30N4O4. The molecule has 29 heavy (non-hydrogen) atoms. The van der Waals surface area contributed by atoms with E-state index in [1.165, 1.54) is 0 Å². The molecule has 3 heterocycles. The maximum Gasteiger partial charge on any atom is 0.323 e. The summed E-state index contributed by atoms with van der Waals surface area (Å²) < 4.78 is 11.3. The van der Waals surface area contributed by atoms with Gasteiger partial charge in [0.15, 0.2) is 0 Å². The number of morpholine rings is 1. The van der Waals surface area contributed by atoms with E-state index in [2.05, 4.69) is 16.3 Å². The number of para-hydroxylation sites is 1. The molecule has 0 aromatic heterocycles. The molecule has 0 saturated carbocycles. The van der Waals surface area contributed by atoms with Crippen molar-refractivity contribution < 1.29 is 19.1 Å². The summed E-state index contributed by atoms with van der Waals surface area (Å²) in [5.41, 5.74) is 1.69. The molecule has 2 saturated heterocycles. The normalized spacial score (nSPS) is 26.6. The average Bonchev–Trinajstić information content (AvgIpc) is 3.31. The number of hydrogen-bond acceptors (Lipinski definition) is 5. The quantitative estimate of drug-likeness (QED) is 0.801. The molecule has 0 unspecified atom stereocenters. The lowest BCUT2D eigenvalue weighted by molar-refractivity contribution is -0.130. The number of nitrogens with one attached hydrogen (secondary N) is 1. The summed E-state index contributed by atoms with van der Waals surface area (Å²) in [6.07, 6.45) is 0.104. The van der Waals surface area contributed by atoms with E-state index in [0.29, 0.717) is 26.1 Å². The zero-order valence-electron chi connectivity index (χ0n) is 17.2. The third-order valence-electron chi connectivity index (χ3n) is 6.10. The van der Waals surface area contributed by atoms with Crippen LogP contribution in [0.2, 0.25) is 0 Å². The van der Waals surface area contributed by atoms with Crippen molar-refractivity contribution in [2.75, 3.05) is 71.5 Å². The lowest BCUT2D eigenvalue weighted by atomic mass is 9.80. The summed E-state index contributed by atoms with van der Waals surface area (Å²) in [6.45, 7) is 5.74. The summed E-state index contributed by atoms with van der Waals surface area (Å²) in [5.74, 6) is -0.0648. The Bertz CT molecular complexity index is 765. The summed E-state index contributed by atoms with van der Waals surface area (Å²) in [7, 11) is 3.51. The van der Waals surface area contributed by atoms with Crippen LogP contribution in [0.4, 0.5) is 10.5 Å². The van der Waals surface area contributed by atoms with Gasteiger partial charge in [0.1, 0.15) is 6.10 Å². The molecule has 3 amide bonds. The Labute approximate surface area is 171 Å². The monoisotopic (exact) mass is 402 g/mol. The number of fused-ring (bicyclic) bond motifs is 2. The molecule has 1 aromatic rings. The van der Waals surface area contributed by atoms with Crippen LogP contribution in [-0.2, 0) is 19.7 Å². The number of anilines is 1. The number of benzene rings is 1. The van der Waals surface area contributed by atoms with E-state index in [1.54, 1.807) is 23.9 Å². The van der Waals surface area contributed by atoms with Crippen molar-refractivity contribution in [2.24, 2.45) is 0 Å². The van der Waals surface area contributed by atoms with Gasteiger partial charge in [0.2, 0.25) is 5.91 Å². The van der Waals surface area contributed by atoms with Gasteiger partial charge >= 0.3 is 6.03 Å². The Morgan fingerprint density at radius 3 is 2.76 bits per heavy atom. The van der Waals surface area contributed by atoms with E-state index < -0.39 is 6.10 Å². The van der Waals surface area contributed by atoms with Gasteiger partial charge in [-0.2, -0.15) is 0 Å². The first-order valence-electron chi connectivity index (χ1n) is 10.3. The largest absolute Gasteiger partial charge is 0.379 e. The third-order valence-corrected chi connectivity index (χ3v) is 6.10. The molecule has 4 rings (SSSR count). The van der Waals surface area contributed by atoms with Gasteiger partial charge in [-0.05, 0) is 18.1 Å². The zero-order chi connectivity index (χ0) is 20.4. The van der Waals surface area contributed by atoms with Crippen molar-refractivity contribution in [2.45, 2.75) is 17.9 Å². The number of ether oxygens (including phenoxy) is 2. The van der Waals surface area contributed by atoms with Gasteiger partial charge in [-0.1, -0.05) is 18.2 Å². The fraction of sp³-hybridized carbons (Fsp3) is 0.619. The second-order valence-electron chi connectivity index (χ2n) is 8.31. The second kappa shape index (κ2) is 8.30. The molecule has 1 spiro atoms. The number of amides is 3. The van der Waals surface area contributed by atoms with Gasteiger partial charge in [0.25, 0.3) is 0 Å². The number of carbonyl (C=O) groups excluding carboxylic acids is 2. The highest BCUT2D eigenvalue weighted by molar-refractivity contribution is 5.95.